The van der Waals surface area contributed by atoms with Gasteiger partial charge in [0, 0.05) is 12.6 Å². The van der Waals surface area contributed by atoms with Gasteiger partial charge in [0.2, 0.25) is 11.1 Å². The van der Waals surface area contributed by atoms with Crippen molar-refractivity contribution in [1.29, 1.82) is 0 Å². The zero-order valence-corrected chi connectivity index (χ0v) is 17.8. The number of carbonyl (C=O) groups is 2. The summed E-state index contributed by atoms with van der Waals surface area (Å²) in [5, 5.41) is 18.0. The molecule has 2 N–H and O–H groups in total. The topological polar surface area (TPSA) is 102 Å². The van der Waals surface area contributed by atoms with Crippen molar-refractivity contribution in [2.75, 3.05) is 18.1 Å². The van der Waals surface area contributed by atoms with E-state index in [-0.39, 0.29) is 22.6 Å². The highest BCUT2D eigenvalue weighted by Gasteiger charge is 2.15. The molecule has 29 heavy (non-hydrogen) atoms. The van der Waals surface area contributed by atoms with Gasteiger partial charge in [0.1, 0.15) is 0 Å². The van der Waals surface area contributed by atoms with E-state index in [9.17, 15) is 9.59 Å². The van der Waals surface area contributed by atoms with Crippen LogP contribution in [0.15, 0.2) is 41.6 Å². The third-order valence-corrected chi connectivity index (χ3v) is 5.37. The first-order valence-corrected chi connectivity index (χ1v) is 10.1. The first-order chi connectivity index (χ1) is 13.9. The Labute approximate surface area is 181 Å². The minimum atomic E-state index is -0.297. The molecule has 8 nitrogen and oxygen atoms in total. The fourth-order valence-corrected chi connectivity index (χ4v) is 3.65. The highest BCUT2D eigenvalue weighted by atomic mass is 35.5. The van der Waals surface area contributed by atoms with Crippen molar-refractivity contribution in [3.05, 3.63) is 57.6 Å². The summed E-state index contributed by atoms with van der Waals surface area (Å²) in [5.41, 5.74) is 2.45. The molecule has 0 aliphatic heterocycles. The van der Waals surface area contributed by atoms with Gasteiger partial charge in [-0.05, 0) is 53.2 Å². The fraction of sp³-hybridized carbons (Fsp3) is 0.167. The van der Waals surface area contributed by atoms with Crippen molar-refractivity contribution < 1.29 is 9.59 Å². The number of anilines is 1. The van der Waals surface area contributed by atoms with E-state index in [4.69, 9.17) is 23.2 Å². The second-order valence-corrected chi connectivity index (χ2v) is 7.70. The number of aromatic nitrogens is 4. The van der Waals surface area contributed by atoms with E-state index < -0.39 is 0 Å². The zero-order valence-electron chi connectivity index (χ0n) is 15.4. The second kappa shape index (κ2) is 9.25. The van der Waals surface area contributed by atoms with Crippen LogP contribution in [0, 0.1) is 6.92 Å². The van der Waals surface area contributed by atoms with E-state index in [1.165, 1.54) is 17.8 Å². The largest absolute Gasteiger partial charge is 0.355 e. The Kier molecular flexibility index (Phi) is 6.73. The number of tetrazole rings is 1. The number of benzene rings is 2. The number of rotatable bonds is 6. The predicted octanol–water partition coefficient (Wildman–Crippen LogP) is 3.37. The Bertz CT molecular complexity index is 1070. The summed E-state index contributed by atoms with van der Waals surface area (Å²) in [6.07, 6.45) is 0. The van der Waals surface area contributed by atoms with E-state index in [2.05, 4.69) is 26.2 Å². The number of thioether (sulfide) groups is 1. The van der Waals surface area contributed by atoms with Crippen LogP contribution in [-0.2, 0) is 4.79 Å². The fourth-order valence-electron chi connectivity index (χ4n) is 2.42. The molecule has 1 aromatic heterocycles. The van der Waals surface area contributed by atoms with Gasteiger partial charge in [0.15, 0.2) is 0 Å². The average Bonchev–Trinajstić information content (AvgIpc) is 3.15. The Morgan fingerprint density at radius 2 is 1.93 bits per heavy atom. The number of amides is 2. The second-order valence-electron chi connectivity index (χ2n) is 5.94. The van der Waals surface area contributed by atoms with Gasteiger partial charge < -0.3 is 10.6 Å². The van der Waals surface area contributed by atoms with Gasteiger partial charge in [-0.1, -0.05) is 41.0 Å². The number of halogens is 2. The molecule has 0 radical (unpaired) electrons. The molecule has 0 bridgehead atoms. The molecule has 2 amide bonds. The molecule has 0 saturated heterocycles. The van der Waals surface area contributed by atoms with E-state index in [0.29, 0.717) is 27.1 Å². The van der Waals surface area contributed by atoms with Crippen molar-refractivity contribution in [1.82, 2.24) is 25.5 Å². The molecule has 0 aliphatic rings. The number of hydrogen-bond donors (Lipinski definition) is 2. The van der Waals surface area contributed by atoms with E-state index in [1.54, 1.807) is 12.1 Å². The standard InChI is InChI=1S/C18H16Cl2N6O2S/c1-10-3-6-15(13(20)7-10)26-18(23-24-25-26)29-9-16(27)22-14-5-4-11(8-12(14)19)17(28)21-2/h3-8H,9H2,1-2H3,(H,21,28)(H,22,27). The summed E-state index contributed by atoms with van der Waals surface area (Å²) in [4.78, 5) is 24.0. The minimum Gasteiger partial charge on any atom is -0.355 e. The Balaban J connectivity index is 1.67. The number of carbonyl (C=O) groups excluding carboxylic acids is 2. The summed E-state index contributed by atoms with van der Waals surface area (Å²) in [5.74, 6) is -0.506. The van der Waals surface area contributed by atoms with Gasteiger partial charge >= 0.3 is 0 Å². The molecule has 0 spiro atoms. The summed E-state index contributed by atoms with van der Waals surface area (Å²) in [6, 6.07) is 10.2. The van der Waals surface area contributed by atoms with Gasteiger partial charge in [0.05, 0.1) is 27.2 Å². The van der Waals surface area contributed by atoms with Crippen LogP contribution in [0.4, 0.5) is 5.69 Å². The van der Waals surface area contributed by atoms with Crippen LogP contribution in [0.2, 0.25) is 10.0 Å². The minimum absolute atomic E-state index is 0.0530. The molecule has 0 atom stereocenters. The predicted molar refractivity (Wildman–Crippen MR) is 113 cm³/mol. The normalized spacial score (nSPS) is 10.6. The van der Waals surface area contributed by atoms with Gasteiger partial charge in [-0.2, -0.15) is 4.68 Å². The molecule has 11 heteroatoms. The molecule has 150 valence electrons. The number of nitrogens with zero attached hydrogens (tertiary/aromatic N) is 4. The lowest BCUT2D eigenvalue weighted by Gasteiger charge is -2.09. The molecule has 0 fully saturated rings. The van der Waals surface area contributed by atoms with Crippen LogP contribution < -0.4 is 10.6 Å². The van der Waals surface area contributed by atoms with Crippen molar-refractivity contribution in [3.63, 3.8) is 0 Å². The molecule has 0 unspecified atom stereocenters. The molecular weight excluding hydrogens is 435 g/mol. The van der Waals surface area contributed by atoms with Crippen LogP contribution in [0.25, 0.3) is 5.69 Å². The highest BCUT2D eigenvalue weighted by molar-refractivity contribution is 7.99. The van der Waals surface area contributed by atoms with Crippen LogP contribution in [-0.4, -0.2) is 44.8 Å². The Hall–Kier alpha value is -2.62. The van der Waals surface area contributed by atoms with Crippen molar-refractivity contribution in [2.45, 2.75) is 12.1 Å². The SMILES string of the molecule is CNC(=O)c1ccc(NC(=O)CSc2nnnn2-c2ccc(C)cc2Cl)c(Cl)c1. The smallest absolute Gasteiger partial charge is 0.251 e. The number of nitrogens with one attached hydrogen (secondary N) is 2. The van der Waals surface area contributed by atoms with Gasteiger partial charge in [0.25, 0.3) is 5.91 Å². The van der Waals surface area contributed by atoms with E-state index >= 15 is 0 Å². The Morgan fingerprint density at radius 3 is 2.62 bits per heavy atom. The lowest BCUT2D eigenvalue weighted by molar-refractivity contribution is -0.113. The van der Waals surface area contributed by atoms with E-state index in [0.717, 1.165) is 17.3 Å². The van der Waals surface area contributed by atoms with Gasteiger partial charge in [-0.25, -0.2) is 0 Å². The first kappa shape index (κ1) is 21.1. The van der Waals surface area contributed by atoms with Crippen molar-refractivity contribution >= 4 is 52.5 Å². The average molecular weight is 451 g/mol. The van der Waals surface area contributed by atoms with Crippen LogP contribution in [0.5, 0.6) is 0 Å². The third-order valence-electron chi connectivity index (χ3n) is 3.84. The van der Waals surface area contributed by atoms with E-state index in [1.807, 2.05) is 25.1 Å². The first-order valence-electron chi connectivity index (χ1n) is 8.38. The number of hydrogen-bond acceptors (Lipinski definition) is 6. The molecular formula is C18H16Cl2N6O2S. The summed E-state index contributed by atoms with van der Waals surface area (Å²) in [7, 11) is 1.53. The summed E-state index contributed by atoms with van der Waals surface area (Å²) in [6.45, 7) is 1.93. The maximum atomic E-state index is 12.3. The Morgan fingerprint density at radius 1 is 1.14 bits per heavy atom. The van der Waals surface area contributed by atoms with Crippen molar-refractivity contribution in [3.8, 4) is 5.69 Å². The molecule has 0 saturated carbocycles. The third kappa shape index (κ3) is 5.06. The van der Waals surface area contributed by atoms with Crippen LogP contribution in [0.3, 0.4) is 0 Å². The molecule has 3 aromatic rings. The quantitative estimate of drug-likeness (QED) is 0.558. The zero-order chi connectivity index (χ0) is 21.0. The lowest BCUT2D eigenvalue weighted by atomic mass is 10.2. The maximum absolute atomic E-state index is 12.3. The van der Waals surface area contributed by atoms with Gasteiger partial charge in [-0.3, -0.25) is 9.59 Å². The molecule has 0 aliphatic carbocycles. The summed E-state index contributed by atoms with van der Waals surface area (Å²) < 4.78 is 1.48. The number of aryl methyl sites for hydroxylation is 1. The molecule has 1 heterocycles. The van der Waals surface area contributed by atoms with Crippen molar-refractivity contribution in [2.24, 2.45) is 0 Å². The summed E-state index contributed by atoms with van der Waals surface area (Å²) >= 11 is 13.6. The highest BCUT2D eigenvalue weighted by Crippen LogP contribution is 2.26. The van der Waals surface area contributed by atoms with Crippen LogP contribution >= 0.6 is 35.0 Å². The maximum Gasteiger partial charge on any atom is 0.251 e. The molecule has 2 aromatic carbocycles. The molecule has 3 rings (SSSR count). The van der Waals surface area contributed by atoms with Crippen LogP contribution in [0.1, 0.15) is 15.9 Å². The lowest BCUT2D eigenvalue weighted by Crippen LogP contribution is -2.18. The van der Waals surface area contributed by atoms with Gasteiger partial charge in [-0.15, -0.1) is 5.10 Å². The monoisotopic (exact) mass is 450 g/mol.